The van der Waals surface area contributed by atoms with E-state index in [1.54, 1.807) is 0 Å². The highest BCUT2D eigenvalue weighted by atomic mass is 16.2. The van der Waals surface area contributed by atoms with Crippen LogP contribution in [0.15, 0.2) is 4.99 Å². The summed E-state index contributed by atoms with van der Waals surface area (Å²) in [5.74, 6) is -0.160. The molecule has 0 saturated heterocycles. The smallest absolute Gasteiger partial charge is 0.239 e. The fourth-order valence-corrected chi connectivity index (χ4v) is 1.38. The second-order valence-corrected chi connectivity index (χ2v) is 4.24. The molecule has 0 aliphatic carbocycles. The highest BCUT2D eigenvalue weighted by molar-refractivity contribution is 5.84. The highest BCUT2D eigenvalue weighted by Gasteiger charge is 2.04. The lowest BCUT2D eigenvalue weighted by molar-refractivity contribution is -0.126. The Labute approximate surface area is 114 Å². The molecule has 0 fully saturated rings. The molecule has 0 aliphatic rings. The van der Waals surface area contributed by atoms with Crippen molar-refractivity contribution >= 4 is 17.8 Å². The Balaban J connectivity index is 3.44. The number of amides is 2. The predicted octanol–water partition coefficient (Wildman–Crippen LogP) is -0.537. The molecule has 0 aromatic rings. The molecule has 7 nitrogen and oxygen atoms in total. The topological polar surface area (TPSA) is 123 Å². The van der Waals surface area contributed by atoms with Crippen LogP contribution in [0.25, 0.3) is 0 Å². The van der Waals surface area contributed by atoms with E-state index in [0.717, 1.165) is 25.7 Å². The molecule has 110 valence electrons. The molecule has 2 amide bonds. The van der Waals surface area contributed by atoms with Crippen molar-refractivity contribution in [1.82, 2.24) is 10.6 Å². The number of hydrogen-bond acceptors (Lipinski definition) is 3. The first-order valence-corrected chi connectivity index (χ1v) is 6.65. The van der Waals surface area contributed by atoms with Crippen LogP contribution in [0, 0.1) is 0 Å². The van der Waals surface area contributed by atoms with Gasteiger partial charge in [-0.3, -0.25) is 14.6 Å². The van der Waals surface area contributed by atoms with E-state index in [0.29, 0.717) is 19.5 Å². The van der Waals surface area contributed by atoms with Crippen LogP contribution < -0.4 is 22.1 Å². The Hall–Kier alpha value is -1.79. The van der Waals surface area contributed by atoms with Crippen molar-refractivity contribution in [2.24, 2.45) is 16.5 Å². The standard InChI is InChI=1S/C12H25N5O2/c1-2-7-15-11(19)9-17-10(18)6-4-3-5-8-16-12(13)14/h2-9H2,1H3,(H,15,19)(H,17,18)(H4,13,14,16). The van der Waals surface area contributed by atoms with Gasteiger partial charge in [0.05, 0.1) is 6.54 Å². The molecule has 0 aliphatic heterocycles. The molecule has 7 heteroatoms. The van der Waals surface area contributed by atoms with Crippen molar-refractivity contribution in [1.29, 1.82) is 0 Å². The maximum absolute atomic E-state index is 11.4. The predicted molar refractivity (Wildman–Crippen MR) is 75.5 cm³/mol. The van der Waals surface area contributed by atoms with Crippen LogP contribution in [0.3, 0.4) is 0 Å². The van der Waals surface area contributed by atoms with Gasteiger partial charge in [0.15, 0.2) is 5.96 Å². The number of nitrogens with two attached hydrogens (primary N) is 2. The maximum atomic E-state index is 11.4. The second-order valence-electron chi connectivity index (χ2n) is 4.24. The third kappa shape index (κ3) is 12.5. The normalized spacial score (nSPS) is 9.74. The molecule has 0 aromatic heterocycles. The van der Waals surface area contributed by atoms with Gasteiger partial charge in [-0.25, -0.2) is 0 Å². The zero-order chi connectivity index (χ0) is 14.5. The first kappa shape index (κ1) is 17.2. The Bertz CT molecular complexity index is 300. The monoisotopic (exact) mass is 271 g/mol. The zero-order valence-electron chi connectivity index (χ0n) is 11.6. The van der Waals surface area contributed by atoms with Crippen LogP contribution in [-0.4, -0.2) is 37.4 Å². The van der Waals surface area contributed by atoms with E-state index in [1.807, 2.05) is 6.92 Å². The average Bonchev–Trinajstić information content (AvgIpc) is 2.37. The molecular formula is C12H25N5O2. The van der Waals surface area contributed by atoms with Crippen molar-refractivity contribution in [2.45, 2.75) is 39.0 Å². The minimum Gasteiger partial charge on any atom is -0.370 e. The van der Waals surface area contributed by atoms with Crippen molar-refractivity contribution in [3.05, 3.63) is 0 Å². The van der Waals surface area contributed by atoms with Crippen LogP contribution in [0.2, 0.25) is 0 Å². The van der Waals surface area contributed by atoms with E-state index in [4.69, 9.17) is 11.5 Å². The summed E-state index contributed by atoms with van der Waals surface area (Å²) in [6, 6.07) is 0. The quantitative estimate of drug-likeness (QED) is 0.242. The van der Waals surface area contributed by atoms with E-state index in [1.165, 1.54) is 0 Å². The fourth-order valence-electron chi connectivity index (χ4n) is 1.38. The number of nitrogens with zero attached hydrogens (tertiary/aromatic N) is 1. The van der Waals surface area contributed by atoms with Gasteiger partial charge >= 0.3 is 0 Å². The lowest BCUT2D eigenvalue weighted by Gasteiger charge is -2.05. The minimum atomic E-state index is -0.150. The lowest BCUT2D eigenvalue weighted by atomic mass is 10.2. The van der Waals surface area contributed by atoms with Crippen molar-refractivity contribution < 1.29 is 9.59 Å². The Morgan fingerprint density at radius 2 is 1.79 bits per heavy atom. The van der Waals surface area contributed by atoms with Crippen molar-refractivity contribution in [3.8, 4) is 0 Å². The molecule has 6 N–H and O–H groups in total. The number of rotatable bonds is 10. The molecule has 0 heterocycles. The zero-order valence-corrected chi connectivity index (χ0v) is 11.6. The van der Waals surface area contributed by atoms with E-state index in [-0.39, 0.29) is 24.3 Å². The van der Waals surface area contributed by atoms with Crippen LogP contribution >= 0.6 is 0 Å². The minimum absolute atomic E-state index is 0.0484. The summed E-state index contributed by atoms with van der Waals surface area (Å²) >= 11 is 0. The number of carbonyl (C=O) groups excluding carboxylic acids is 2. The first-order chi connectivity index (χ1) is 9.06. The van der Waals surface area contributed by atoms with Gasteiger partial charge in [-0.15, -0.1) is 0 Å². The summed E-state index contributed by atoms with van der Waals surface area (Å²) < 4.78 is 0. The van der Waals surface area contributed by atoms with Gasteiger partial charge in [0.2, 0.25) is 11.8 Å². The number of aliphatic imine (C=N–C) groups is 1. The summed E-state index contributed by atoms with van der Waals surface area (Å²) in [7, 11) is 0. The lowest BCUT2D eigenvalue weighted by Crippen LogP contribution is -2.37. The van der Waals surface area contributed by atoms with Gasteiger partial charge in [-0.2, -0.15) is 0 Å². The Morgan fingerprint density at radius 3 is 2.42 bits per heavy atom. The number of unbranched alkanes of at least 4 members (excludes halogenated alkanes) is 2. The number of hydrogen-bond donors (Lipinski definition) is 4. The molecular weight excluding hydrogens is 246 g/mol. The summed E-state index contributed by atoms with van der Waals surface area (Å²) in [4.78, 5) is 26.5. The van der Waals surface area contributed by atoms with E-state index in [2.05, 4.69) is 15.6 Å². The molecule has 0 atom stereocenters. The van der Waals surface area contributed by atoms with E-state index < -0.39 is 0 Å². The number of nitrogens with one attached hydrogen (secondary N) is 2. The van der Waals surface area contributed by atoms with Crippen LogP contribution in [-0.2, 0) is 9.59 Å². The molecule has 19 heavy (non-hydrogen) atoms. The third-order valence-electron chi connectivity index (χ3n) is 2.37. The van der Waals surface area contributed by atoms with Crippen LogP contribution in [0.4, 0.5) is 0 Å². The molecule has 0 unspecified atom stereocenters. The van der Waals surface area contributed by atoms with Gasteiger partial charge in [-0.05, 0) is 19.3 Å². The summed E-state index contributed by atoms with van der Waals surface area (Å²) in [6.07, 6.45) is 3.80. The SMILES string of the molecule is CCCNC(=O)CNC(=O)CCCCCN=C(N)N. The van der Waals surface area contributed by atoms with Gasteiger partial charge in [0.25, 0.3) is 0 Å². The number of guanidine groups is 1. The Morgan fingerprint density at radius 1 is 1.05 bits per heavy atom. The third-order valence-corrected chi connectivity index (χ3v) is 2.37. The maximum Gasteiger partial charge on any atom is 0.239 e. The van der Waals surface area contributed by atoms with E-state index >= 15 is 0 Å². The molecule has 0 saturated carbocycles. The summed E-state index contributed by atoms with van der Waals surface area (Å²) in [5, 5.41) is 5.27. The molecule has 0 spiro atoms. The van der Waals surface area contributed by atoms with Gasteiger partial charge in [-0.1, -0.05) is 13.3 Å². The first-order valence-electron chi connectivity index (χ1n) is 6.65. The average molecular weight is 271 g/mol. The van der Waals surface area contributed by atoms with E-state index in [9.17, 15) is 9.59 Å². The fraction of sp³-hybridized carbons (Fsp3) is 0.750. The summed E-state index contributed by atoms with van der Waals surface area (Å²) in [5.41, 5.74) is 10.4. The Kier molecular flexibility index (Phi) is 10.2. The second kappa shape index (κ2) is 11.3. The van der Waals surface area contributed by atoms with Gasteiger partial charge in [0.1, 0.15) is 0 Å². The van der Waals surface area contributed by atoms with Crippen molar-refractivity contribution in [3.63, 3.8) is 0 Å². The largest absolute Gasteiger partial charge is 0.370 e. The molecule has 0 aromatic carbocycles. The van der Waals surface area contributed by atoms with Crippen LogP contribution in [0.1, 0.15) is 39.0 Å². The van der Waals surface area contributed by atoms with Crippen LogP contribution in [0.5, 0.6) is 0 Å². The van der Waals surface area contributed by atoms with Gasteiger partial charge < -0.3 is 22.1 Å². The molecule has 0 radical (unpaired) electrons. The summed E-state index contributed by atoms with van der Waals surface area (Å²) in [6.45, 7) is 3.25. The van der Waals surface area contributed by atoms with Crippen molar-refractivity contribution in [2.75, 3.05) is 19.6 Å². The highest BCUT2D eigenvalue weighted by Crippen LogP contribution is 1.99. The molecule has 0 rings (SSSR count). The van der Waals surface area contributed by atoms with Gasteiger partial charge in [0, 0.05) is 19.5 Å². The number of carbonyl (C=O) groups is 2. The molecule has 0 bridgehead atoms.